The quantitative estimate of drug-likeness (QED) is 0.751. The van der Waals surface area contributed by atoms with Crippen molar-refractivity contribution < 1.29 is 0 Å². The number of aryl methyl sites for hydroxylation is 1. The molecule has 0 radical (unpaired) electrons. The molecule has 1 aromatic heterocycles. The molecule has 0 saturated heterocycles. The summed E-state index contributed by atoms with van der Waals surface area (Å²) in [6.07, 6.45) is 6.25. The maximum atomic E-state index is 5.98. The lowest BCUT2D eigenvalue weighted by molar-refractivity contribution is 0.410. The molecule has 0 bridgehead atoms. The highest BCUT2D eigenvalue weighted by atomic mass is 15.1. The molecule has 1 heterocycles. The van der Waals surface area contributed by atoms with Gasteiger partial charge in [-0.15, -0.1) is 0 Å². The fourth-order valence-corrected chi connectivity index (χ4v) is 3.61. The van der Waals surface area contributed by atoms with E-state index in [1.165, 1.54) is 16.7 Å². The Labute approximate surface area is 148 Å². The van der Waals surface area contributed by atoms with Crippen LogP contribution in [0.15, 0.2) is 48.7 Å². The minimum absolute atomic E-state index is 0.357. The monoisotopic (exact) mass is 332 g/mol. The normalized spacial score (nSPS) is 20.6. The highest BCUT2D eigenvalue weighted by Gasteiger charge is 2.19. The third-order valence-corrected chi connectivity index (χ3v) is 5.14. The Hall–Kier alpha value is -2.46. The van der Waals surface area contributed by atoms with Crippen LogP contribution in [0.1, 0.15) is 31.2 Å². The van der Waals surface area contributed by atoms with Gasteiger partial charge in [-0.25, -0.2) is 9.97 Å². The number of fused-ring (bicyclic) bond motifs is 1. The second-order valence-electron chi connectivity index (χ2n) is 7.04. The Morgan fingerprint density at radius 1 is 1.04 bits per heavy atom. The number of nitrogens with two attached hydrogens (primary N) is 1. The van der Waals surface area contributed by atoms with Gasteiger partial charge in [0.15, 0.2) is 0 Å². The first-order valence-electron chi connectivity index (χ1n) is 9.04. The van der Waals surface area contributed by atoms with Crippen LogP contribution in [-0.4, -0.2) is 22.1 Å². The molecule has 0 spiro atoms. The van der Waals surface area contributed by atoms with Crippen LogP contribution in [0.3, 0.4) is 0 Å². The molecule has 0 aliphatic heterocycles. The van der Waals surface area contributed by atoms with Crippen molar-refractivity contribution in [3.8, 4) is 11.1 Å². The number of aromatic nitrogens is 2. The molecule has 1 fully saturated rings. The van der Waals surface area contributed by atoms with Crippen molar-refractivity contribution in [2.45, 2.75) is 44.7 Å². The lowest BCUT2D eigenvalue weighted by Gasteiger charge is -2.26. The number of anilines is 1. The largest absolute Gasteiger partial charge is 0.351 e. The molecule has 1 aliphatic rings. The van der Waals surface area contributed by atoms with Gasteiger partial charge in [0.25, 0.3) is 0 Å². The molecule has 4 nitrogen and oxygen atoms in total. The van der Waals surface area contributed by atoms with Crippen molar-refractivity contribution in [1.29, 1.82) is 0 Å². The second kappa shape index (κ2) is 6.81. The zero-order valence-corrected chi connectivity index (χ0v) is 14.6. The molecular formula is C21H24N4. The van der Waals surface area contributed by atoms with Crippen molar-refractivity contribution in [1.82, 2.24) is 9.97 Å². The van der Waals surface area contributed by atoms with E-state index in [2.05, 4.69) is 59.7 Å². The van der Waals surface area contributed by atoms with E-state index in [1.807, 2.05) is 6.20 Å². The van der Waals surface area contributed by atoms with Crippen LogP contribution >= 0.6 is 0 Å². The zero-order valence-electron chi connectivity index (χ0n) is 14.6. The molecule has 0 unspecified atom stereocenters. The van der Waals surface area contributed by atoms with Crippen LogP contribution in [0.25, 0.3) is 22.0 Å². The van der Waals surface area contributed by atoms with Gasteiger partial charge in [-0.1, -0.05) is 30.3 Å². The zero-order chi connectivity index (χ0) is 17.2. The van der Waals surface area contributed by atoms with Crippen LogP contribution in [0.4, 0.5) is 5.95 Å². The summed E-state index contributed by atoms with van der Waals surface area (Å²) in [7, 11) is 0. The number of rotatable bonds is 3. The van der Waals surface area contributed by atoms with E-state index in [0.29, 0.717) is 12.1 Å². The summed E-state index contributed by atoms with van der Waals surface area (Å²) in [5.74, 6) is 0.719. The minimum Gasteiger partial charge on any atom is -0.351 e. The highest BCUT2D eigenvalue weighted by Crippen LogP contribution is 2.27. The van der Waals surface area contributed by atoms with E-state index < -0.39 is 0 Å². The minimum atomic E-state index is 0.357. The van der Waals surface area contributed by atoms with Gasteiger partial charge in [-0.3, -0.25) is 0 Å². The summed E-state index contributed by atoms with van der Waals surface area (Å²) in [6, 6.07) is 15.6. The third-order valence-electron chi connectivity index (χ3n) is 5.14. The lowest BCUT2D eigenvalue weighted by atomic mass is 9.92. The van der Waals surface area contributed by atoms with E-state index in [4.69, 9.17) is 10.7 Å². The van der Waals surface area contributed by atoms with Crippen LogP contribution in [0, 0.1) is 6.92 Å². The van der Waals surface area contributed by atoms with Crippen molar-refractivity contribution in [3.63, 3.8) is 0 Å². The molecule has 3 aromatic rings. The molecule has 4 heteroatoms. The van der Waals surface area contributed by atoms with Crippen LogP contribution in [0.2, 0.25) is 0 Å². The van der Waals surface area contributed by atoms with Gasteiger partial charge in [0.2, 0.25) is 5.95 Å². The summed E-state index contributed by atoms with van der Waals surface area (Å²) >= 11 is 0. The average Bonchev–Trinajstić information content (AvgIpc) is 2.64. The summed E-state index contributed by atoms with van der Waals surface area (Å²) in [5, 5.41) is 4.54. The molecule has 4 rings (SSSR count). The lowest BCUT2D eigenvalue weighted by Crippen LogP contribution is -2.33. The van der Waals surface area contributed by atoms with Gasteiger partial charge in [0, 0.05) is 23.7 Å². The standard InChI is InChI=1S/C21H24N4/c1-14-4-2-3-5-19(14)15-6-11-20-16(12-15)13-23-21(25-20)24-18-9-7-17(22)8-10-18/h2-6,11-13,17-18H,7-10,22H2,1H3,(H,23,24,25)/t17-,18-. The summed E-state index contributed by atoms with van der Waals surface area (Å²) in [6.45, 7) is 2.14. The average molecular weight is 332 g/mol. The Balaban J connectivity index is 1.58. The van der Waals surface area contributed by atoms with Crippen LogP contribution in [-0.2, 0) is 0 Å². The number of hydrogen-bond donors (Lipinski definition) is 2. The summed E-state index contributed by atoms with van der Waals surface area (Å²) < 4.78 is 0. The molecule has 25 heavy (non-hydrogen) atoms. The third kappa shape index (κ3) is 3.49. The van der Waals surface area contributed by atoms with Crippen molar-refractivity contribution in [3.05, 3.63) is 54.2 Å². The van der Waals surface area contributed by atoms with Crippen LogP contribution in [0.5, 0.6) is 0 Å². The van der Waals surface area contributed by atoms with Gasteiger partial charge < -0.3 is 11.1 Å². The van der Waals surface area contributed by atoms with E-state index in [0.717, 1.165) is 42.5 Å². The van der Waals surface area contributed by atoms with Gasteiger partial charge in [0.05, 0.1) is 5.52 Å². The number of nitrogens with one attached hydrogen (secondary N) is 1. The van der Waals surface area contributed by atoms with E-state index >= 15 is 0 Å². The molecule has 128 valence electrons. The van der Waals surface area contributed by atoms with Crippen molar-refractivity contribution in [2.24, 2.45) is 5.73 Å². The maximum absolute atomic E-state index is 5.98. The van der Waals surface area contributed by atoms with Gasteiger partial charge in [-0.05, 0) is 61.4 Å². The maximum Gasteiger partial charge on any atom is 0.223 e. The van der Waals surface area contributed by atoms with Gasteiger partial charge in [0.1, 0.15) is 0 Å². The topological polar surface area (TPSA) is 63.8 Å². The van der Waals surface area contributed by atoms with E-state index in [9.17, 15) is 0 Å². The first-order chi connectivity index (χ1) is 12.2. The van der Waals surface area contributed by atoms with Crippen LogP contribution < -0.4 is 11.1 Å². The molecule has 0 atom stereocenters. The Kier molecular flexibility index (Phi) is 4.36. The first-order valence-corrected chi connectivity index (χ1v) is 9.04. The SMILES string of the molecule is Cc1ccccc1-c1ccc2nc(N[C@H]3CC[C@H](N)CC3)ncc2c1. The number of hydrogen-bond acceptors (Lipinski definition) is 4. The second-order valence-corrected chi connectivity index (χ2v) is 7.04. The highest BCUT2D eigenvalue weighted by molar-refractivity contribution is 5.85. The Morgan fingerprint density at radius 2 is 1.84 bits per heavy atom. The van der Waals surface area contributed by atoms with Gasteiger partial charge in [-0.2, -0.15) is 0 Å². The summed E-state index contributed by atoms with van der Waals surface area (Å²) in [4.78, 5) is 9.22. The van der Waals surface area contributed by atoms with E-state index in [1.54, 1.807) is 0 Å². The number of nitrogens with zero attached hydrogens (tertiary/aromatic N) is 2. The van der Waals surface area contributed by atoms with E-state index in [-0.39, 0.29) is 0 Å². The molecule has 3 N–H and O–H groups in total. The fourth-order valence-electron chi connectivity index (χ4n) is 3.61. The molecule has 1 saturated carbocycles. The predicted octanol–water partition coefficient (Wildman–Crippen LogP) is 4.29. The molecule has 0 amide bonds. The predicted molar refractivity (Wildman–Crippen MR) is 104 cm³/mol. The molecular weight excluding hydrogens is 308 g/mol. The molecule has 1 aliphatic carbocycles. The first kappa shape index (κ1) is 16.0. The van der Waals surface area contributed by atoms with Gasteiger partial charge >= 0.3 is 0 Å². The van der Waals surface area contributed by atoms with Crippen molar-refractivity contribution >= 4 is 16.9 Å². The fraction of sp³-hybridized carbons (Fsp3) is 0.333. The summed E-state index contributed by atoms with van der Waals surface area (Å²) in [5.41, 5.74) is 10.7. The molecule has 2 aromatic carbocycles. The number of benzene rings is 2. The Morgan fingerprint density at radius 3 is 2.64 bits per heavy atom. The van der Waals surface area contributed by atoms with Crippen molar-refractivity contribution in [2.75, 3.05) is 5.32 Å². The Bertz CT molecular complexity index is 882. The smallest absolute Gasteiger partial charge is 0.223 e.